The number of benzene rings is 1. The van der Waals surface area contributed by atoms with E-state index in [9.17, 15) is 4.79 Å². The molecule has 1 aliphatic carbocycles. The van der Waals surface area contributed by atoms with Gasteiger partial charge >= 0.3 is 6.03 Å². The normalized spacial score (nSPS) is 16.1. The molecule has 0 bridgehead atoms. The van der Waals surface area contributed by atoms with Crippen molar-refractivity contribution in [1.82, 2.24) is 5.32 Å². The first kappa shape index (κ1) is 13.7. The number of anilines is 2. The Morgan fingerprint density at radius 2 is 1.74 bits per heavy atom. The second kappa shape index (κ2) is 5.95. The molecule has 0 aliphatic heterocycles. The highest BCUT2D eigenvalue weighted by Crippen LogP contribution is 2.23. The number of rotatable bonds is 2. The summed E-state index contributed by atoms with van der Waals surface area (Å²) < 4.78 is 0. The molecule has 0 heterocycles. The number of urea groups is 1. The molecule has 0 spiro atoms. The van der Waals surface area contributed by atoms with Crippen molar-refractivity contribution in [3.05, 3.63) is 23.3 Å². The van der Waals surface area contributed by atoms with Crippen LogP contribution in [-0.4, -0.2) is 12.1 Å². The number of nitrogens with two attached hydrogens (primary N) is 1. The van der Waals surface area contributed by atoms with E-state index in [1.54, 1.807) is 0 Å². The summed E-state index contributed by atoms with van der Waals surface area (Å²) in [6.45, 7) is 3.92. The molecule has 0 unspecified atom stereocenters. The van der Waals surface area contributed by atoms with Crippen LogP contribution >= 0.6 is 0 Å². The van der Waals surface area contributed by atoms with Crippen LogP contribution in [0.2, 0.25) is 0 Å². The van der Waals surface area contributed by atoms with Gasteiger partial charge in [-0.05, 0) is 49.9 Å². The minimum absolute atomic E-state index is 0.108. The lowest BCUT2D eigenvalue weighted by Gasteiger charge is -2.23. The molecule has 1 saturated carbocycles. The highest BCUT2D eigenvalue weighted by atomic mass is 16.2. The Labute approximate surface area is 114 Å². The quantitative estimate of drug-likeness (QED) is 0.715. The van der Waals surface area contributed by atoms with Crippen LogP contribution in [0.4, 0.5) is 16.2 Å². The van der Waals surface area contributed by atoms with Gasteiger partial charge in [0.05, 0.1) is 0 Å². The summed E-state index contributed by atoms with van der Waals surface area (Å²) in [5, 5.41) is 6.00. The Hall–Kier alpha value is -1.71. The molecule has 104 valence electrons. The van der Waals surface area contributed by atoms with E-state index in [4.69, 9.17) is 5.73 Å². The smallest absolute Gasteiger partial charge is 0.319 e. The van der Waals surface area contributed by atoms with Gasteiger partial charge in [-0.15, -0.1) is 0 Å². The number of carbonyl (C=O) groups excluding carboxylic acids is 1. The lowest BCUT2D eigenvalue weighted by molar-refractivity contribution is 0.244. The summed E-state index contributed by atoms with van der Waals surface area (Å²) in [7, 11) is 0. The van der Waals surface area contributed by atoms with Gasteiger partial charge in [-0.3, -0.25) is 0 Å². The van der Waals surface area contributed by atoms with E-state index >= 15 is 0 Å². The Kier molecular flexibility index (Phi) is 4.30. The Bertz CT molecular complexity index is 441. The van der Waals surface area contributed by atoms with Crippen molar-refractivity contribution in [2.24, 2.45) is 0 Å². The molecule has 2 rings (SSSR count). The van der Waals surface area contributed by atoms with E-state index in [0.29, 0.717) is 6.04 Å². The van der Waals surface area contributed by atoms with Gasteiger partial charge in [0.15, 0.2) is 0 Å². The number of amides is 2. The predicted octanol–water partition coefficient (Wildman–Crippen LogP) is 3.34. The molecule has 4 heteroatoms. The molecule has 0 radical (unpaired) electrons. The summed E-state index contributed by atoms with van der Waals surface area (Å²) >= 11 is 0. The van der Waals surface area contributed by atoms with Gasteiger partial charge in [0.25, 0.3) is 0 Å². The summed E-state index contributed by atoms with van der Waals surface area (Å²) in [6, 6.07) is 3.97. The van der Waals surface area contributed by atoms with Crippen LogP contribution < -0.4 is 16.4 Å². The van der Waals surface area contributed by atoms with E-state index in [0.717, 1.165) is 35.3 Å². The Balaban J connectivity index is 1.98. The maximum Gasteiger partial charge on any atom is 0.319 e. The van der Waals surface area contributed by atoms with Crippen LogP contribution in [0.3, 0.4) is 0 Å². The highest BCUT2D eigenvalue weighted by Gasteiger charge is 2.16. The van der Waals surface area contributed by atoms with Gasteiger partial charge in [0.2, 0.25) is 0 Å². The standard InChI is InChI=1S/C15H23N3O/c1-10-8-12(16)9-11(2)14(10)18-15(19)17-13-6-4-3-5-7-13/h8-9,13H,3-7,16H2,1-2H3,(H2,17,18,19). The number of hydrogen-bond donors (Lipinski definition) is 3. The molecule has 2 amide bonds. The van der Waals surface area contributed by atoms with Crippen LogP contribution in [-0.2, 0) is 0 Å². The fourth-order valence-corrected chi connectivity index (χ4v) is 2.78. The summed E-state index contributed by atoms with van der Waals surface area (Å²) in [5.74, 6) is 0. The molecule has 19 heavy (non-hydrogen) atoms. The molecule has 1 aliphatic rings. The zero-order valence-electron chi connectivity index (χ0n) is 11.8. The van der Waals surface area contributed by atoms with Crippen molar-refractivity contribution < 1.29 is 4.79 Å². The zero-order valence-corrected chi connectivity index (χ0v) is 11.8. The maximum atomic E-state index is 12.0. The summed E-state index contributed by atoms with van der Waals surface area (Å²) in [5.41, 5.74) is 9.37. The van der Waals surface area contributed by atoms with Crippen LogP contribution in [0.15, 0.2) is 12.1 Å². The van der Waals surface area contributed by atoms with Gasteiger partial charge in [-0.1, -0.05) is 19.3 Å². The van der Waals surface area contributed by atoms with Crippen molar-refractivity contribution in [1.29, 1.82) is 0 Å². The van der Waals surface area contributed by atoms with Crippen LogP contribution in [0.25, 0.3) is 0 Å². The van der Waals surface area contributed by atoms with E-state index in [1.807, 2.05) is 26.0 Å². The van der Waals surface area contributed by atoms with Gasteiger partial charge in [0.1, 0.15) is 0 Å². The Morgan fingerprint density at radius 1 is 1.16 bits per heavy atom. The largest absolute Gasteiger partial charge is 0.399 e. The minimum atomic E-state index is -0.108. The molecule has 1 aromatic carbocycles. The Morgan fingerprint density at radius 3 is 2.32 bits per heavy atom. The number of nitrogens with one attached hydrogen (secondary N) is 2. The van der Waals surface area contributed by atoms with Crippen molar-refractivity contribution in [3.63, 3.8) is 0 Å². The van der Waals surface area contributed by atoms with E-state index in [2.05, 4.69) is 10.6 Å². The third-order valence-corrected chi connectivity index (χ3v) is 3.73. The molecule has 0 saturated heterocycles. The topological polar surface area (TPSA) is 67.1 Å². The lowest BCUT2D eigenvalue weighted by atomic mass is 9.96. The first-order chi connectivity index (χ1) is 9.06. The average molecular weight is 261 g/mol. The summed E-state index contributed by atoms with van der Waals surface area (Å²) in [6.07, 6.45) is 5.89. The third kappa shape index (κ3) is 3.63. The second-order valence-corrected chi connectivity index (χ2v) is 5.46. The van der Waals surface area contributed by atoms with E-state index < -0.39 is 0 Å². The van der Waals surface area contributed by atoms with Crippen molar-refractivity contribution in [2.75, 3.05) is 11.1 Å². The SMILES string of the molecule is Cc1cc(N)cc(C)c1NC(=O)NC1CCCCC1. The first-order valence-electron chi connectivity index (χ1n) is 7.00. The van der Waals surface area contributed by atoms with E-state index in [-0.39, 0.29) is 6.03 Å². The monoisotopic (exact) mass is 261 g/mol. The lowest BCUT2D eigenvalue weighted by Crippen LogP contribution is -2.39. The van der Waals surface area contributed by atoms with Crippen LogP contribution in [0, 0.1) is 13.8 Å². The van der Waals surface area contributed by atoms with Crippen LogP contribution in [0.1, 0.15) is 43.2 Å². The second-order valence-electron chi connectivity index (χ2n) is 5.46. The van der Waals surface area contributed by atoms with Gasteiger partial charge in [-0.2, -0.15) is 0 Å². The molecule has 1 aromatic rings. The first-order valence-corrected chi connectivity index (χ1v) is 7.00. The van der Waals surface area contributed by atoms with Crippen molar-refractivity contribution in [3.8, 4) is 0 Å². The van der Waals surface area contributed by atoms with E-state index in [1.165, 1.54) is 19.3 Å². The van der Waals surface area contributed by atoms with Crippen LogP contribution in [0.5, 0.6) is 0 Å². The highest BCUT2D eigenvalue weighted by molar-refractivity contribution is 5.91. The predicted molar refractivity (Wildman–Crippen MR) is 79.4 cm³/mol. The molecular formula is C15H23N3O. The number of carbonyl (C=O) groups is 1. The van der Waals surface area contributed by atoms with Gasteiger partial charge in [0, 0.05) is 17.4 Å². The summed E-state index contributed by atoms with van der Waals surface area (Å²) in [4.78, 5) is 12.0. The maximum absolute atomic E-state index is 12.0. The average Bonchev–Trinajstić information content (AvgIpc) is 2.35. The number of aryl methyl sites for hydroxylation is 2. The molecule has 1 fully saturated rings. The molecule has 4 nitrogen and oxygen atoms in total. The van der Waals surface area contributed by atoms with Gasteiger partial charge in [-0.25, -0.2) is 4.79 Å². The fraction of sp³-hybridized carbons (Fsp3) is 0.533. The van der Waals surface area contributed by atoms with Crippen molar-refractivity contribution >= 4 is 17.4 Å². The molecule has 4 N–H and O–H groups in total. The molecule has 0 aromatic heterocycles. The molecular weight excluding hydrogens is 238 g/mol. The molecule has 0 atom stereocenters. The fourth-order valence-electron chi connectivity index (χ4n) is 2.78. The van der Waals surface area contributed by atoms with Gasteiger partial charge < -0.3 is 16.4 Å². The van der Waals surface area contributed by atoms with Crippen molar-refractivity contribution in [2.45, 2.75) is 52.0 Å². The zero-order chi connectivity index (χ0) is 13.8. The third-order valence-electron chi connectivity index (χ3n) is 3.73. The number of nitrogen functional groups attached to an aromatic ring is 1. The minimum Gasteiger partial charge on any atom is -0.399 e. The number of hydrogen-bond acceptors (Lipinski definition) is 2.